The molecule has 3 rings (SSSR count). The summed E-state index contributed by atoms with van der Waals surface area (Å²) in [6.07, 6.45) is 1.46. The monoisotopic (exact) mass is 375 g/mol. The number of anilines is 1. The van der Waals surface area contributed by atoms with Crippen LogP contribution in [0.5, 0.6) is 5.75 Å². The molecule has 0 saturated carbocycles. The predicted molar refractivity (Wildman–Crippen MR) is 107 cm³/mol. The molecule has 0 bridgehead atoms. The zero-order chi connectivity index (χ0) is 19.9. The number of nitrogens with zero attached hydrogens (tertiary/aromatic N) is 2. The van der Waals surface area contributed by atoms with Crippen LogP contribution in [-0.2, 0) is 6.54 Å². The summed E-state index contributed by atoms with van der Waals surface area (Å²) in [4.78, 5) is 30.9. The van der Waals surface area contributed by atoms with Gasteiger partial charge in [-0.15, -0.1) is 0 Å². The molecule has 1 aromatic heterocycles. The lowest BCUT2D eigenvalue weighted by atomic mass is 10.1. The Kier molecular flexibility index (Phi) is 6.01. The molecule has 0 aliphatic heterocycles. The molecule has 0 unspecified atom stereocenters. The lowest BCUT2D eigenvalue weighted by molar-refractivity contribution is 0.0779. The summed E-state index contributed by atoms with van der Waals surface area (Å²) < 4.78 is 5.10. The Balaban J connectivity index is 1.69. The number of hydrogen-bond donors (Lipinski definition) is 1. The van der Waals surface area contributed by atoms with Gasteiger partial charge in [-0.25, -0.2) is 0 Å². The number of nitrogens with one attached hydrogen (secondary N) is 1. The van der Waals surface area contributed by atoms with Crippen LogP contribution in [0.4, 0.5) is 5.69 Å². The summed E-state index contributed by atoms with van der Waals surface area (Å²) in [5.74, 6) is 0.145. The molecule has 0 fully saturated rings. The summed E-state index contributed by atoms with van der Waals surface area (Å²) in [6.45, 7) is 0.462. The molecule has 3 aromatic rings. The van der Waals surface area contributed by atoms with E-state index in [-0.39, 0.29) is 17.5 Å². The Hall–Kier alpha value is -3.67. The number of aromatic nitrogens is 1. The first-order chi connectivity index (χ1) is 13.6. The molecule has 1 heterocycles. The summed E-state index contributed by atoms with van der Waals surface area (Å²) in [6, 6.07) is 19.8. The van der Waals surface area contributed by atoms with Crippen molar-refractivity contribution in [3.8, 4) is 5.75 Å². The highest BCUT2D eigenvalue weighted by molar-refractivity contribution is 6.05. The quantitative estimate of drug-likeness (QED) is 0.714. The van der Waals surface area contributed by atoms with E-state index in [0.717, 1.165) is 5.56 Å². The van der Waals surface area contributed by atoms with E-state index < -0.39 is 0 Å². The average Bonchev–Trinajstić information content (AvgIpc) is 2.74. The van der Waals surface area contributed by atoms with Gasteiger partial charge in [0.1, 0.15) is 11.4 Å². The summed E-state index contributed by atoms with van der Waals surface area (Å²) in [5, 5.41) is 2.80. The molecule has 0 saturated heterocycles. The number of pyridine rings is 1. The van der Waals surface area contributed by atoms with E-state index >= 15 is 0 Å². The van der Waals surface area contributed by atoms with Crippen LogP contribution in [0.25, 0.3) is 0 Å². The standard InChI is InChI=1S/C22H21N3O3/c1-25(15-16-6-4-3-5-7-16)22(27)20-14-17(12-13-23-20)21(26)24-18-8-10-19(28-2)11-9-18/h3-14H,15H2,1-2H3,(H,24,26). The molecule has 0 spiro atoms. The minimum Gasteiger partial charge on any atom is -0.497 e. The number of ether oxygens (including phenoxy) is 1. The van der Waals surface area contributed by atoms with Gasteiger partial charge in [-0.05, 0) is 42.0 Å². The van der Waals surface area contributed by atoms with Gasteiger partial charge in [0.25, 0.3) is 11.8 Å². The van der Waals surface area contributed by atoms with Crippen LogP contribution in [0.15, 0.2) is 72.9 Å². The van der Waals surface area contributed by atoms with Gasteiger partial charge in [0, 0.05) is 31.0 Å². The van der Waals surface area contributed by atoms with Gasteiger partial charge in [0.2, 0.25) is 0 Å². The molecule has 0 aliphatic rings. The molecule has 2 aromatic carbocycles. The fourth-order valence-electron chi connectivity index (χ4n) is 2.69. The SMILES string of the molecule is COc1ccc(NC(=O)c2ccnc(C(=O)N(C)Cc3ccccc3)c2)cc1. The Labute approximate surface area is 163 Å². The molecule has 6 nitrogen and oxygen atoms in total. The first kappa shape index (κ1) is 19.1. The fourth-order valence-corrected chi connectivity index (χ4v) is 2.69. The van der Waals surface area contributed by atoms with E-state index in [4.69, 9.17) is 4.74 Å². The Bertz CT molecular complexity index is 956. The molecular weight excluding hydrogens is 354 g/mol. The second kappa shape index (κ2) is 8.81. The van der Waals surface area contributed by atoms with Crippen molar-refractivity contribution in [1.29, 1.82) is 0 Å². The predicted octanol–water partition coefficient (Wildman–Crippen LogP) is 3.61. The molecule has 1 N–H and O–H groups in total. The first-order valence-electron chi connectivity index (χ1n) is 8.77. The zero-order valence-corrected chi connectivity index (χ0v) is 15.8. The van der Waals surface area contributed by atoms with E-state index in [1.807, 2.05) is 30.3 Å². The van der Waals surface area contributed by atoms with Crippen LogP contribution in [0.2, 0.25) is 0 Å². The maximum atomic E-state index is 12.7. The lowest BCUT2D eigenvalue weighted by Crippen LogP contribution is -2.27. The van der Waals surface area contributed by atoms with Crippen molar-refractivity contribution in [1.82, 2.24) is 9.88 Å². The molecule has 0 aliphatic carbocycles. The van der Waals surface area contributed by atoms with Crippen molar-refractivity contribution in [3.05, 3.63) is 89.7 Å². The van der Waals surface area contributed by atoms with Crippen molar-refractivity contribution in [2.24, 2.45) is 0 Å². The first-order valence-corrected chi connectivity index (χ1v) is 8.77. The van der Waals surface area contributed by atoms with Gasteiger partial charge >= 0.3 is 0 Å². The van der Waals surface area contributed by atoms with Crippen molar-refractivity contribution in [3.63, 3.8) is 0 Å². The van der Waals surface area contributed by atoms with E-state index in [9.17, 15) is 9.59 Å². The highest BCUT2D eigenvalue weighted by Crippen LogP contribution is 2.16. The Morgan fingerprint density at radius 3 is 2.43 bits per heavy atom. The topological polar surface area (TPSA) is 71.5 Å². The number of benzene rings is 2. The number of methoxy groups -OCH3 is 1. The van der Waals surface area contributed by atoms with E-state index in [0.29, 0.717) is 23.5 Å². The molecule has 0 atom stereocenters. The number of rotatable bonds is 6. The third-order valence-electron chi connectivity index (χ3n) is 4.20. The van der Waals surface area contributed by atoms with Crippen LogP contribution in [0.1, 0.15) is 26.4 Å². The van der Waals surface area contributed by atoms with E-state index in [1.54, 1.807) is 49.4 Å². The van der Waals surface area contributed by atoms with Gasteiger partial charge in [0.05, 0.1) is 7.11 Å². The smallest absolute Gasteiger partial charge is 0.272 e. The van der Waals surface area contributed by atoms with Crippen LogP contribution in [0, 0.1) is 0 Å². The molecular formula is C22H21N3O3. The summed E-state index contributed by atoms with van der Waals surface area (Å²) >= 11 is 0. The Morgan fingerprint density at radius 2 is 1.75 bits per heavy atom. The number of carbonyl (C=O) groups excluding carboxylic acids is 2. The van der Waals surface area contributed by atoms with Crippen molar-refractivity contribution >= 4 is 17.5 Å². The summed E-state index contributed by atoms with van der Waals surface area (Å²) in [5.41, 5.74) is 2.24. The minimum atomic E-state index is -0.313. The largest absolute Gasteiger partial charge is 0.497 e. The molecule has 2 amide bonds. The van der Waals surface area contributed by atoms with Crippen LogP contribution < -0.4 is 10.1 Å². The maximum Gasteiger partial charge on any atom is 0.272 e. The zero-order valence-electron chi connectivity index (χ0n) is 15.8. The molecule has 28 heavy (non-hydrogen) atoms. The molecule has 142 valence electrons. The van der Waals surface area contributed by atoms with Crippen LogP contribution in [0.3, 0.4) is 0 Å². The molecule has 0 radical (unpaired) electrons. The van der Waals surface area contributed by atoms with Gasteiger partial charge in [-0.1, -0.05) is 30.3 Å². The highest BCUT2D eigenvalue weighted by Gasteiger charge is 2.16. The number of carbonyl (C=O) groups is 2. The second-order valence-electron chi connectivity index (χ2n) is 6.26. The van der Waals surface area contributed by atoms with Crippen molar-refractivity contribution < 1.29 is 14.3 Å². The summed E-state index contributed by atoms with van der Waals surface area (Å²) in [7, 11) is 3.29. The number of amides is 2. The molecule has 6 heteroatoms. The number of hydrogen-bond acceptors (Lipinski definition) is 4. The third kappa shape index (κ3) is 4.73. The van der Waals surface area contributed by atoms with E-state index in [1.165, 1.54) is 12.3 Å². The fraction of sp³-hybridized carbons (Fsp3) is 0.136. The van der Waals surface area contributed by atoms with Gasteiger partial charge in [-0.2, -0.15) is 0 Å². The van der Waals surface area contributed by atoms with Gasteiger partial charge in [0.15, 0.2) is 0 Å². The van der Waals surface area contributed by atoms with Gasteiger partial charge in [-0.3, -0.25) is 14.6 Å². The normalized spacial score (nSPS) is 10.2. The second-order valence-corrected chi connectivity index (χ2v) is 6.26. The van der Waals surface area contributed by atoms with Crippen LogP contribution in [-0.4, -0.2) is 35.9 Å². The van der Waals surface area contributed by atoms with Crippen molar-refractivity contribution in [2.75, 3.05) is 19.5 Å². The van der Waals surface area contributed by atoms with Crippen LogP contribution >= 0.6 is 0 Å². The highest BCUT2D eigenvalue weighted by atomic mass is 16.5. The van der Waals surface area contributed by atoms with E-state index in [2.05, 4.69) is 10.3 Å². The van der Waals surface area contributed by atoms with Gasteiger partial charge < -0.3 is 15.0 Å². The lowest BCUT2D eigenvalue weighted by Gasteiger charge is -2.17. The Morgan fingerprint density at radius 1 is 1.04 bits per heavy atom. The third-order valence-corrected chi connectivity index (χ3v) is 4.20. The minimum absolute atomic E-state index is 0.223. The maximum absolute atomic E-state index is 12.7. The average molecular weight is 375 g/mol. The van der Waals surface area contributed by atoms with Crippen molar-refractivity contribution in [2.45, 2.75) is 6.54 Å².